The van der Waals surface area contributed by atoms with Crippen molar-refractivity contribution in [3.05, 3.63) is 65.5 Å². The van der Waals surface area contributed by atoms with E-state index in [9.17, 15) is 14.7 Å². The topological polar surface area (TPSA) is 111 Å². The molecule has 3 aromatic rings. The van der Waals surface area contributed by atoms with Gasteiger partial charge in [0, 0.05) is 25.1 Å². The van der Waals surface area contributed by atoms with Crippen LogP contribution in [0.3, 0.4) is 0 Å². The molecule has 1 aromatic heterocycles. The predicted molar refractivity (Wildman–Crippen MR) is 145 cm³/mol. The molecule has 1 saturated heterocycles. The van der Waals surface area contributed by atoms with E-state index in [0.717, 1.165) is 34.1 Å². The summed E-state index contributed by atoms with van der Waals surface area (Å²) in [7, 11) is 1.63. The molecule has 39 heavy (non-hydrogen) atoms. The molecule has 208 valence electrons. The van der Waals surface area contributed by atoms with Gasteiger partial charge in [0.05, 0.1) is 31.9 Å². The van der Waals surface area contributed by atoms with E-state index in [0.29, 0.717) is 38.5 Å². The van der Waals surface area contributed by atoms with Gasteiger partial charge in [-0.15, -0.1) is 0 Å². The van der Waals surface area contributed by atoms with Crippen molar-refractivity contribution in [2.75, 3.05) is 33.4 Å². The first-order valence-corrected chi connectivity index (χ1v) is 13.2. The third kappa shape index (κ3) is 7.31. The van der Waals surface area contributed by atoms with Crippen molar-refractivity contribution in [3.8, 4) is 23.0 Å². The van der Waals surface area contributed by atoms with Crippen LogP contribution >= 0.6 is 0 Å². The summed E-state index contributed by atoms with van der Waals surface area (Å²) in [6.07, 6.45) is 0.704. The molecular formula is C30H36N2O7. The van der Waals surface area contributed by atoms with E-state index in [2.05, 4.69) is 4.98 Å². The van der Waals surface area contributed by atoms with Gasteiger partial charge in [-0.1, -0.05) is 26.0 Å². The van der Waals surface area contributed by atoms with Crippen molar-refractivity contribution in [2.24, 2.45) is 17.8 Å². The Labute approximate surface area is 228 Å². The number of carbonyl (C=O) groups excluding carboxylic acids is 1. The fourth-order valence-corrected chi connectivity index (χ4v) is 4.64. The van der Waals surface area contributed by atoms with Gasteiger partial charge in [0.1, 0.15) is 17.3 Å². The Balaban J connectivity index is 1.29. The quantitative estimate of drug-likeness (QED) is 0.354. The van der Waals surface area contributed by atoms with Crippen LogP contribution in [0.25, 0.3) is 11.5 Å². The van der Waals surface area contributed by atoms with Gasteiger partial charge in [-0.3, -0.25) is 4.79 Å². The molecule has 0 saturated carbocycles. The van der Waals surface area contributed by atoms with Gasteiger partial charge >= 0.3 is 12.1 Å². The Morgan fingerprint density at radius 1 is 1.08 bits per heavy atom. The standard InChI is InChI=1S/C30H36N2O7/c1-19(2)18-38-30(35)32-16-23(26(17-32)29(33)34)15-21-5-9-25(10-6-21)37-14-13-27-20(3)39-28(31-27)22-7-11-24(36-4)12-8-22/h5-12,19,23,26H,13-18H2,1-4H3,(H,33,34)/t23-,26-/m1/s1. The maximum absolute atomic E-state index is 12.4. The number of aryl methyl sites for hydroxylation is 1. The molecule has 4 rings (SSSR count). The number of ether oxygens (including phenoxy) is 3. The van der Waals surface area contributed by atoms with Crippen LogP contribution in [-0.4, -0.2) is 60.5 Å². The van der Waals surface area contributed by atoms with Gasteiger partial charge in [0.2, 0.25) is 5.89 Å². The molecule has 1 N–H and O–H groups in total. The second-order valence-corrected chi connectivity index (χ2v) is 10.3. The molecule has 9 nitrogen and oxygen atoms in total. The third-order valence-corrected chi connectivity index (χ3v) is 6.82. The summed E-state index contributed by atoms with van der Waals surface area (Å²) in [5.74, 6) is 1.33. The van der Waals surface area contributed by atoms with Crippen LogP contribution < -0.4 is 9.47 Å². The van der Waals surface area contributed by atoms with Crippen LogP contribution in [0.15, 0.2) is 52.9 Å². The van der Waals surface area contributed by atoms with E-state index in [4.69, 9.17) is 18.6 Å². The number of oxazole rings is 1. The molecule has 0 aliphatic carbocycles. The second-order valence-electron chi connectivity index (χ2n) is 10.3. The number of amides is 1. The minimum atomic E-state index is -0.891. The van der Waals surface area contributed by atoms with Crippen molar-refractivity contribution in [1.82, 2.24) is 9.88 Å². The van der Waals surface area contributed by atoms with Crippen LogP contribution in [0, 0.1) is 24.7 Å². The molecule has 1 amide bonds. The van der Waals surface area contributed by atoms with E-state index >= 15 is 0 Å². The lowest BCUT2D eigenvalue weighted by Crippen LogP contribution is -2.31. The smallest absolute Gasteiger partial charge is 0.409 e. The monoisotopic (exact) mass is 536 g/mol. The number of hydrogen-bond donors (Lipinski definition) is 1. The minimum Gasteiger partial charge on any atom is -0.497 e. The highest BCUT2D eigenvalue weighted by atomic mass is 16.6. The van der Waals surface area contributed by atoms with E-state index in [1.54, 1.807) is 7.11 Å². The highest BCUT2D eigenvalue weighted by molar-refractivity contribution is 5.74. The van der Waals surface area contributed by atoms with Gasteiger partial charge in [-0.05, 0) is 67.1 Å². The van der Waals surface area contributed by atoms with Crippen molar-refractivity contribution in [3.63, 3.8) is 0 Å². The SMILES string of the molecule is COc1ccc(-c2nc(CCOc3ccc(C[C@@H]4CN(C(=O)OCC(C)C)C[C@H]4C(=O)O)cc3)c(C)o2)cc1. The maximum Gasteiger partial charge on any atom is 0.409 e. The second kappa shape index (κ2) is 12.7. The molecule has 2 heterocycles. The van der Waals surface area contributed by atoms with Gasteiger partial charge in [-0.25, -0.2) is 9.78 Å². The summed E-state index contributed by atoms with van der Waals surface area (Å²) in [6.45, 7) is 7.10. The van der Waals surface area contributed by atoms with Crippen LogP contribution in [0.4, 0.5) is 4.79 Å². The molecule has 0 bridgehead atoms. The number of aromatic nitrogens is 1. The number of aliphatic carboxylic acids is 1. The summed E-state index contributed by atoms with van der Waals surface area (Å²) in [5, 5.41) is 9.71. The number of methoxy groups -OCH3 is 1. The van der Waals surface area contributed by atoms with Crippen LogP contribution in [0.2, 0.25) is 0 Å². The zero-order valence-electron chi connectivity index (χ0n) is 22.9. The molecule has 0 radical (unpaired) electrons. The zero-order valence-corrected chi connectivity index (χ0v) is 22.9. The normalized spacial score (nSPS) is 16.9. The predicted octanol–water partition coefficient (Wildman–Crippen LogP) is 5.25. The molecule has 2 aromatic carbocycles. The summed E-state index contributed by atoms with van der Waals surface area (Å²) in [5.41, 5.74) is 2.71. The Hall–Kier alpha value is -4.01. The maximum atomic E-state index is 12.4. The van der Waals surface area contributed by atoms with Gasteiger partial charge in [-0.2, -0.15) is 0 Å². The van der Waals surface area contributed by atoms with Crippen LogP contribution in [0.5, 0.6) is 11.5 Å². The van der Waals surface area contributed by atoms with Crippen molar-refractivity contribution in [2.45, 2.75) is 33.6 Å². The summed E-state index contributed by atoms with van der Waals surface area (Å²) < 4.78 is 22.3. The fourth-order valence-electron chi connectivity index (χ4n) is 4.64. The molecule has 2 atom stereocenters. The molecule has 1 aliphatic rings. The number of carbonyl (C=O) groups is 2. The number of nitrogens with zero attached hydrogens (tertiary/aromatic N) is 2. The zero-order chi connectivity index (χ0) is 27.9. The number of hydrogen-bond acceptors (Lipinski definition) is 7. The Bertz CT molecular complexity index is 1250. The summed E-state index contributed by atoms with van der Waals surface area (Å²) in [6, 6.07) is 15.2. The van der Waals surface area contributed by atoms with E-state index in [1.807, 2.05) is 69.3 Å². The van der Waals surface area contributed by atoms with E-state index < -0.39 is 18.0 Å². The highest BCUT2D eigenvalue weighted by Crippen LogP contribution is 2.29. The average Bonchev–Trinajstić information content (AvgIpc) is 3.52. The number of carboxylic acid groups (broad SMARTS) is 1. The number of carboxylic acids is 1. The van der Waals surface area contributed by atoms with Crippen molar-refractivity contribution >= 4 is 12.1 Å². The molecule has 1 fully saturated rings. The molecular weight excluding hydrogens is 500 g/mol. The largest absolute Gasteiger partial charge is 0.497 e. The molecule has 0 spiro atoms. The molecule has 1 aliphatic heterocycles. The van der Waals surface area contributed by atoms with Crippen molar-refractivity contribution in [1.29, 1.82) is 0 Å². The number of benzene rings is 2. The third-order valence-electron chi connectivity index (χ3n) is 6.82. The summed E-state index contributed by atoms with van der Waals surface area (Å²) >= 11 is 0. The first kappa shape index (κ1) is 28.0. The van der Waals surface area contributed by atoms with Crippen LogP contribution in [0.1, 0.15) is 30.9 Å². The van der Waals surface area contributed by atoms with Crippen molar-refractivity contribution < 1.29 is 33.3 Å². The lowest BCUT2D eigenvalue weighted by Gasteiger charge is -2.17. The van der Waals surface area contributed by atoms with E-state index in [1.165, 1.54) is 4.90 Å². The first-order valence-electron chi connectivity index (χ1n) is 13.2. The molecule has 9 heteroatoms. The van der Waals surface area contributed by atoms with Crippen LogP contribution in [-0.2, 0) is 22.4 Å². The Morgan fingerprint density at radius 2 is 1.77 bits per heavy atom. The van der Waals surface area contributed by atoms with Gasteiger partial charge < -0.3 is 28.6 Å². The van der Waals surface area contributed by atoms with Gasteiger partial charge in [0.15, 0.2) is 0 Å². The first-order chi connectivity index (χ1) is 18.7. The number of rotatable bonds is 11. The Kier molecular flexibility index (Phi) is 9.11. The Morgan fingerprint density at radius 3 is 2.41 bits per heavy atom. The number of likely N-dealkylation sites (tertiary alicyclic amines) is 1. The lowest BCUT2D eigenvalue weighted by molar-refractivity contribution is -0.142. The lowest BCUT2D eigenvalue weighted by atomic mass is 9.90. The fraction of sp³-hybridized carbons (Fsp3) is 0.433. The average molecular weight is 537 g/mol. The minimum absolute atomic E-state index is 0.166. The molecule has 0 unspecified atom stereocenters. The highest BCUT2D eigenvalue weighted by Gasteiger charge is 2.40. The van der Waals surface area contributed by atoms with E-state index in [-0.39, 0.29) is 18.4 Å². The van der Waals surface area contributed by atoms with Gasteiger partial charge in [0.25, 0.3) is 0 Å². The summed E-state index contributed by atoms with van der Waals surface area (Å²) in [4.78, 5) is 30.3.